The summed E-state index contributed by atoms with van der Waals surface area (Å²) in [6.45, 7) is 11.7. The van der Waals surface area contributed by atoms with E-state index in [-0.39, 0.29) is 36.8 Å². The maximum absolute atomic E-state index is 15.0. The van der Waals surface area contributed by atoms with Gasteiger partial charge < -0.3 is 29.3 Å². The molecule has 3 saturated heterocycles. The van der Waals surface area contributed by atoms with Gasteiger partial charge >= 0.3 is 0 Å². The van der Waals surface area contributed by atoms with Crippen LogP contribution in [0.25, 0.3) is 0 Å². The van der Waals surface area contributed by atoms with Crippen LogP contribution in [0.1, 0.15) is 25.8 Å². The molecule has 9 heteroatoms. The molecule has 3 aliphatic heterocycles. The first kappa shape index (κ1) is 31.5. The van der Waals surface area contributed by atoms with E-state index in [0.717, 1.165) is 5.56 Å². The highest BCUT2D eigenvalue weighted by Gasteiger charge is 2.80. The summed E-state index contributed by atoms with van der Waals surface area (Å²) in [5.41, 5.74) is -0.679. The predicted octanol–water partition coefficient (Wildman–Crippen LogP) is 3.47. The molecule has 0 saturated carbocycles. The molecule has 5 rings (SSSR count). The number of hydrogen-bond acceptors (Lipinski definition) is 6. The van der Waals surface area contributed by atoms with Gasteiger partial charge in [0.25, 0.3) is 5.91 Å². The fourth-order valence-corrected chi connectivity index (χ4v) is 7.74. The van der Waals surface area contributed by atoms with Gasteiger partial charge in [0, 0.05) is 25.8 Å². The molecule has 3 aliphatic rings. The number of likely N-dealkylation sites (tertiary alicyclic amines) is 1. The van der Waals surface area contributed by atoms with E-state index in [1.54, 1.807) is 60.4 Å². The number of aliphatic hydroxyl groups is 1. The number of likely N-dealkylation sites (N-methyl/N-ethyl adjacent to an activating group) is 1. The standard InChI is InChI=1S/C35H43N3O6/c1-7-18-36(5)31(40)28-29-32(41)38(26(22-39)20-24-12-10-9-11-13-24)30(35(29)21-23(3)34(28,4)44-35)33(42)37(19-8-2)25-14-16-27(43-6)17-15-25/h7-17,23,26,28-30,39H,1-2,18-22H2,3-6H3/t23?,26-,28-,29+,30?,34+,35?/m1/s1. The molecular formula is C35H43N3O6. The van der Waals surface area contributed by atoms with Gasteiger partial charge in [0.2, 0.25) is 11.8 Å². The Hall–Kier alpha value is -3.95. The van der Waals surface area contributed by atoms with E-state index >= 15 is 0 Å². The zero-order chi connectivity index (χ0) is 31.8. The van der Waals surface area contributed by atoms with Crippen LogP contribution in [0.5, 0.6) is 5.75 Å². The number of carbonyl (C=O) groups is 3. The summed E-state index contributed by atoms with van der Waals surface area (Å²) >= 11 is 0. The molecular weight excluding hydrogens is 558 g/mol. The highest BCUT2D eigenvalue weighted by atomic mass is 16.5. The average Bonchev–Trinajstić information content (AvgIpc) is 3.55. The van der Waals surface area contributed by atoms with Gasteiger partial charge in [-0.1, -0.05) is 49.4 Å². The smallest absolute Gasteiger partial charge is 0.253 e. The van der Waals surface area contributed by atoms with E-state index < -0.39 is 35.1 Å². The number of amides is 3. The lowest BCUT2D eigenvalue weighted by atomic mass is 9.62. The van der Waals surface area contributed by atoms with E-state index in [1.165, 1.54) is 4.90 Å². The lowest BCUT2D eigenvalue weighted by Gasteiger charge is -2.39. The van der Waals surface area contributed by atoms with Crippen molar-refractivity contribution < 1.29 is 29.0 Å². The number of hydrogen-bond donors (Lipinski definition) is 1. The van der Waals surface area contributed by atoms with Crippen molar-refractivity contribution >= 4 is 23.4 Å². The zero-order valence-corrected chi connectivity index (χ0v) is 26.0. The van der Waals surface area contributed by atoms with Gasteiger partial charge in [-0.05, 0) is 55.5 Å². The maximum atomic E-state index is 15.0. The normalized spacial score (nSPS) is 29.2. The van der Waals surface area contributed by atoms with Crippen molar-refractivity contribution in [2.24, 2.45) is 17.8 Å². The van der Waals surface area contributed by atoms with Crippen molar-refractivity contribution in [2.45, 2.75) is 50.0 Å². The van der Waals surface area contributed by atoms with Gasteiger partial charge in [-0.25, -0.2) is 0 Å². The lowest BCUT2D eigenvalue weighted by molar-refractivity contribution is -0.153. The van der Waals surface area contributed by atoms with E-state index in [4.69, 9.17) is 9.47 Å². The van der Waals surface area contributed by atoms with E-state index in [9.17, 15) is 19.5 Å². The fourth-order valence-electron chi connectivity index (χ4n) is 7.74. The summed E-state index contributed by atoms with van der Waals surface area (Å²) in [5, 5.41) is 10.8. The third kappa shape index (κ3) is 4.92. The van der Waals surface area contributed by atoms with Crippen LogP contribution in [0.4, 0.5) is 5.69 Å². The third-order valence-corrected chi connectivity index (χ3v) is 9.91. The summed E-state index contributed by atoms with van der Waals surface area (Å²) in [5.74, 6) is -2.05. The fraction of sp³-hybridized carbons (Fsp3) is 0.457. The van der Waals surface area contributed by atoms with Crippen LogP contribution in [0.15, 0.2) is 79.9 Å². The molecule has 7 atom stereocenters. The average molecular weight is 602 g/mol. The minimum Gasteiger partial charge on any atom is -0.497 e. The number of anilines is 1. The SMILES string of the molecule is C=CCN(C)C(=O)[C@H]1[C@H]2C(=O)N([C@@H](CO)Cc3ccccc3)C(C(=O)N(CC=C)c3ccc(OC)cc3)C23CC(C)[C@]1(C)O3. The number of aliphatic hydroxyl groups excluding tert-OH is 1. The molecule has 9 nitrogen and oxygen atoms in total. The topological polar surface area (TPSA) is 99.6 Å². The first-order valence-electron chi connectivity index (χ1n) is 15.2. The molecule has 3 heterocycles. The van der Waals surface area contributed by atoms with E-state index in [1.807, 2.05) is 44.2 Å². The van der Waals surface area contributed by atoms with Crippen LogP contribution in [0, 0.1) is 17.8 Å². The molecule has 234 valence electrons. The predicted molar refractivity (Wildman–Crippen MR) is 168 cm³/mol. The number of methoxy groups -OCH3 is 1. The van der Waals surface area contributed by atoms with Crippen LogP contribution in [0.2, 0.25) is 0 Å². The van der Waals surface area contributed by atoms with Crippen molar-refractivity contribution in [1.29, 1.82) is 0 Å². The Kier molecular flexibility index (Phi) is 8.73. The Bertz CT molecular complexity index is 1410. The first-order valence-corrected chi connectivity index (χ1v) is 15.2. The van der Waals surface area contributed by atoms with Gasteiger partial charge in [-0.2, -0.15) is 0 Å². The van der Waals surface area contributed by atoms with Crippen molar-refractivity contribution in [1.82, 2.24) is 9.80 Å². The lowest BCUT2D eigenvalue weighted by Crippen LogP contribution is -2.59. The Labute approximate surface area is 259 Å². The van der Waals surface area contributed by atoms with E-state index in [2.05, 4.69) is 13.2 Å². The monoisotopic (exact) mass is 601 g/mol. The third-order valence-electron chi connectivity index (χ3n) is 9.91. The second kappa shape index (κ2) is 12.2. The Morgan fingerprint density at radius 3 is 2.36 bits per heavy atom. The van der Waals surface area contributed by atoms with E-state index in [0.29, 0.717) is 30.8 Å². The molecule has 3 fully saturated rings. The van der Waals surface area contributed by atoms with Gasteiger partial charge in [0.05, 0.1) is 37.2 Å². The Balaban J connectivity index is 1.65. The summed E-state index contributed by atoms with van der Waals surface area (Å²) in [6.07, 6.45) is 4.04. The highest BCUT2D eigenvalue weighted by molar-refractivity contribution is 6.05. The molecule has 3 unspecified atom stereocenters. The molecule has 1 spiro atoms. The van der Waals surface area contributed by atoms with Gasteiger partial charge in [-0.15, -0.1) is 13.2 Å². The molecule has 0 aromatic heterocycles. The first-order chi connectivity index (χ1) is 21.1. The van der Waals surface area contributed by atoms with Crippen LogP contribution in [-0.2, 0) is 25.5 Å². The van der Waals surface area contributed by atoms with Crippen LogP contribution in [0.3, 0.4) is 0 Å². The van der Waals surface area contributed by atoms with Crippen molar-refractivity contribution in [2.75, 3.05) is 38.8 Å². The summed E-state index contributed by atoms with van der Waals surface area (Å²) in [7, 11) is 3.27. The second-order valence-corrected chi connectivity index (χ2v) is 12.4. The summed E-state index contributed by atoms with van der Waals surface area (Å²) in [4.78, 5) is 48.4. The van der Waals surface area contributed by atoms with Gasteiger partial charge in [0.1, 0.15) is 17.4 Å². The Morgan fingerprint density at radius 1 is 1.11 bits per heavy atom. The summed E-state index contributed by atoms with van der Waals surface area (Å²) < 4.78 is 12.2. The number of carbonyl (C=O) groups excluding carboxylic acids is 3. The van der Waals surface area contributed by atoms with Crippen LogP contribution >= 0.6 is 0 Å². The van der Waals surface area contributed by atoms with Crippen LogP contribution in [-0.4, -0.2) is 89.8 Å². The largest absolute Gasteiger partial charge is 0.497 e. The molecule has 3 amide bonds. The molecule has 0 aliphatic carbocycles. The molecule has 44 heavy (non-hydrogen) atoms. The number of fused-ring (bicyclic) bond motifs is 1. The van der Waals surface area contributed by atoms with Crippen LogP contribution < -0.4 is 9.64 Å². The molecule has 2 aromatic rings. The van der Waals surface area contributed by atoms with Gasteiger partial charge in [-0.3, -0.25) is 14.4 Å². The van der Waals surface area contributed by atoms with Gasteiger partial charge in [0.15, 0.2) is 0 Å². The van der Waals surface area contributed by atoms with Crippen molar-refractivity contribution in [3.63, 3.8) is 0 Å². The number of benzene rings is 2. The van der Waals surface area contributed by atoms with Crippen molar-refractivity contribution in [3.8, 4) is 5.75 Å². The Morgan fingerprint density at radius 2 is 1.77 bits per heavy atom. The molecule has 1 N–H and O–H groups in total. The van der Waals surface area contributed by atoms with Crippen molar-refractivity contribution in [3.05, 3.63) is 85.5 Å². The number of nitrogens with zero attached hydrogens (tertiary/aromatic N) is 3. The summed E-state index contributed by atoms with van der Waals surface area (Å²) in [6, 6.07) is 14.9. The minimum atomic E-state index is -1.26. The molecule has 2 aromatic carbocycles. The zero-order valence-electron chi connectivity index (χ0n) is 26.0. The molecule has 2 bridgehead atoms. The number of rotatable bonds is 12. The minimum absolute atomic E-state index is 0.108. The highest BCUT2D eigenvalue weighted by Crippen LogP contribution is 2.66. The maximum Gasteiger partial charge on any atom is 0.253 e. The number of ether oxygens (including phenoxy) is 2. The quantitative estimate of drug-likeness (QED) is 0.374. The second-order valence-electron chi connectivity index (χ2n) is 12.4. The molecule has 0 radical (unpaired) electrons.